The van der Waals surface area contributed by atoms with Crippen molar-refractivity contribution in [2.75, 3.05) is 0 Å². The Labute approximate surface area is 205 Å². The fourth-order valence-corrected chi connectivity index (χ4v) is 6.35. The quantitative estimate of drug-likeness (QED) is 0.244. The summed E-state index contributed by atoms with van der Waals surface area (Å²) in [5.74, 6) is 0. The Balaban J connectivity index is 1.60. The monoisotopic (exact) mass is 448 g/mol. The van der Waals surface area contributed by atoms with Crippen LogP contribution < -0.4 is 0 Å². The van der Waals surface area contributed by atoms with Gasteiger partial charge in [0.2, 0.25) is 0 Å². The Hall–Kier alpha value is -4.23. The van der Waals surface area contributed by atoms with Crippen LogP contribution in [-0.2, 0) is 5.41 Å². The van der Waals surface area contributed by atoms with Crippen molar-refractivity contribution in [3.05, 3.63) is 142 Å². The SMILES string of the molecule is Cc1ccc2c(c1)C1(c3ccccc3-2)c2cc(C)ccc2-c2ccc(-c3ccc(C=O)cc3)cc21. The molecule has 0 aromatic heterocycles. The molecule has 0 heterocycles. The zero-order valence-corrected chi connectivity index (χ0v) is 19.8. The highest BCUT2D eigenvalue weighted by molar-refractivity contribution is 5.96. The summed E-state index contributed by atoms with van der Waals surface area (Å²) in [6.45, 7) is 4.38. The molecular formula is C34H24O. The van der Waals surface area contributed by atoms with Crippen molar-refractivity contribution >= 4 is 6.29 Å². The minimum absolute atomic E-state index is 0.340. The number of rotatable bonds is 2. The summed E-state index contributed by atoms with van der Waals surface area (Å²) in [5, 5.41) is 0. The lowest BCUT2D eigenvalue weighted by Gasteiger charge is -2.31. The number of aryl methyl sites for hydroxylation is 2. The first kappa shape index (κ1) is 20.2. The lowest BCUT2D eigenvalue weighted by atomic mass is 9.70. The average molecular weight is 449 g/mol. The lowest BCUT2D eigenvalue weighted by molar-refractivity contribution is 0.112. The van der Waals surface area contributed by atoms with E-state index in [4.69, 9.17) is 0 Å². The van der Waals surface area contributed by atoms with E-state index >= 15 is 0 Å². The number of aldehydes is 1. The molecule has 5 aromatic carbocycles. The highest BCUT2D eigenvalue weighted by Gasteiger charge is 2.51. The van der Waals surface area contributed by atoms with Crippen LogP contribution in [0.4, 0.5) is 0 Å². The largest absolute Gasteiger partial charge is 0.298 e. The highest BCUT2D eigenvalue weighted by Crippen LogP contribution is 2.63. The van der Waals surface area contributed by atoms with Crippen LogP contribution >= 0.6 is 0 Å². The van der Waals surface area contributed by atoms with Gasteiger partial charge in [0.25, 0.3) is 0 Å². The third-order valence-corrected chi connectivity index (χ3v) is 7.87. The fourth-order valence-electron chi connectivity index (χ4n) is 6.35. The van der Waals surface area contributed by atoms with Crippen LogP contribution in [0.3, 0.4) is 0 Å². The summed E-state index contributed by atoms with van der Waals surface area (Å²) in [6, 6.07) is 37.5. The Morgan fingerprint density at radius 3 is 1.66 bits per heavy atom. The molecule has 166 valence electrons. The maximum atomic E-state index is 11.2. The first-order chi connectivity index (χ1) is 17.1. The van der Waals surface area contributed by atoms with Crippen LogP contribution in [0.25, 0.3) is 33.4 Å². The zero-order chi connectivity index (χ0) is 23.7. The molecule has 0 bridgehead atoms. The minimum atomic E-state index is -0.340. The summed E-state index contributed by atoms with van der Waals surface area (Å²) < 4.78 is 0. The Morgan fingerprint density at radius 2 is 1.03 bits per heavy atom. The summed E-state index contributed by atoms with van der Waals surface area (Å²) in [7, 11) is 0. The van der Waals surface area contributed by atoms with Crippen molar-refractivity contribution in [2.24, 2.45) is 0 Å². The van der Waals surface area contributed by atoms with Crippen molar-refractivity contribution in [2.45, 2.75) is 19.3 Å². The summed E-state index contributed by atoms with van der Waals surface area (Å²) in [6.07, 6.45) is 0.898. The van der Waals surface area contributed by atoms with Crippen LogP contribution in [-0.4, -0.2) is 6.29 Å². The average Bonchev–Trinajstić information content (AvgIpc) is 3.34. The molecule has 1 atom stereocenters. The van der Waals surface area contributed by atoms with Gasteiger partial charge in [-0.05, 0) is 75.5 Å². The number of fused-ring (bicyclic) bond motifs is 10. The summed E-state index contributed by atoms with van der Waals surface area (Å²) in [4.78, 5) is 11.2. The van der Waals surface area contributed by atoms with Gasteiger partial charge in [0, 0.05) is 5.56 Å². The van der Waals surface area contributed by atoms with Crippen LogP contribution in [0.2, 0.25) is 0 Å². The van der Waals surface area contributed by atoms with Gasteiger partial charge < -0.3 is 0 Å². The van der Waals surface area contributed by atoms with E-state index in [0.717, 1.165) is 11.8 Å². The molecule has 0 saturated heterocycles. The predicted molar refractivity (Wildman–Crippen MR) is 143 cm³/mol. The number of benzene rings is 5. The molecule has 0 aliphatic heterocycles. The van der Waals surface area contributed by atoms with Gasteiger partial charge in [0.15, 0.2) is 0 Å². The van der Waals surface area contributed by atoms with Crippen LogP contribution in [0.1, 0.15) is 43.7 Å². The van der Waals surface area contributed by atoms with E-state index in [1.54, 1.807) is 0 Å². The number of carbonyl (C=O) groups excluding carboxylic acids is 1. The van der Waals surface area contributed by atoms with Crippen LogP contribution in [0.5, 0.6) is 0 Å². The van der Waals surface area contributed by atoms with E-state index in [0.29, 0.717) is 5.56 Å². The van der Waals surface area contributed by atoms with Crippen LogP contribution in [0.15, 0.2) is 103 Å². The second-order valence-corrected chi connectivity index (χ2v) is 9.89. The lowest BCUT2D eigenvalue weighted by Crippen LogP contribution is -2.26. The summed E-state index contributed by atoms with van der Waals surface area (Å²) in [5.41, 5.74) is 15.9. The smallest absolute Gasteiger partial charge is 0.150 e. The second kappa shape index (κ2) is 7.13. The third kappa shape index (κ3) is 2.61. The van der Waals surface area contributed by atoms with Gasteiger partial charge >= 0.3 is 0 Å². The van der Waals surface area contributed by atoms with Crippen molar-refractivity contribution in [1.82, 2.24) is 0 Å². The van der Waals surface area contributed by atoms with E-state index in [1.807, 2.05) is 24.3 Å². The van der Waals surface area contributed by atoms with E-state index in [9.17, 15) is 4.79 Å². The Kier molecular flexibility index (Phi) is 4.11. The van der Waals surface area contributed by atoms with E-state index in [-0.39, 0.29) is 5.41 Å². The fraction of sp³-hybridized carbons (Fsp3) is 0.0882. The molecule has 1 nitrogen and oxygen atoms in total. The molecule has 0 N–H and O–H groups in total. The maximum absolute atomic E-state index is 11.2. The molecule has 35 heavy (non-hydrogen) atoms. The van der Waals surface area contributed by atoms with Gasteiger partial charge in [-0.1, -0.05) is 108 Å². The van der Waals surface area contributed by atoms with E-state index in [2.05, 4.69) is 92.7 Å². The number of hydrogen-bond donors (Lipinski definition) is 0. The standard InChI is InChI=1S/C34H24O/c1-21-7-14-27-26-5-3-4-6-30(26)34(31(27)17-21)32-18-22(2)8-15-28(32)29-16-13-25(19-33(29)34)24-11-9-23(20-35)10-12-24/h3-20H,1-2H3. The molecular weight excluding hydrogens is 424 g/mol. The van der Waals surface area contributed by atoms with Crippen molar-refractivity contribution in [3.63, 3.8) is 0 Å². The van der Waals surface area contributed by atoms with Gasteiger partial charge in [-0.25, -0.2) is 0 Å². The number of carbonyl (C=O) groups is 1. The molecule has 7 rings (SSSR count). The topological polar surface area (TPSA) is 17.1 Å². The zero-order valence-electron chi connectivity index (χ0n) is 19.8. The van der Waals surface area contributed by atoms with Crippen LogP contribution in [0, 0.1) is 13.8 Å². The molecule has 1 unspecified atom stereocenters. The summed E-state index contributed by atoms with van der Waals surface area (Å²) >= 11 is 0. The molecule has 0 saturated carbocycles. The molecule has 2 aliphatic rings. The molecule has 0 amide bonds. The van der Waals surface area contributed by atoms with Gasteiger partial charge in [-0.3, -0.25) is 4.79 Å². The van der Waals surface area contributed by atoms with Crippen molar-refractivity contribution in [3.8, 4) is 33.4 Å². The maximum Gasteiger partial charge on any atom is 0.150 e. The van der Waals surface area contributed by atoms with Crippen molar-refractivity contribution in [1.29, 1.82) is 0 Å². The molecule has 0 fully saturated rings. The molecule has 1 heteroatoms. The van der Waals surface area contributed by atoms with E-state index in [1.165, 1.54) is 61.2 Å². The van der Waals surface area contributed by atoms with E-state index < -0.39 is 0 Å². The third-order valence-electron chi connectivity index (χ3n) is 7.87. The first-order valence-electron chi connectivity index (χ1n) is 12.1. The molecule has 2 aliphatic carbocycles. The Bertz CT molecular complexity index is 1660. The molecule has 0 radical (unpaired) electrons. The Morgan fingerprint density at radius 1 is 0.514 bits per heavy atom. The van der Waals surface area contributed by atoms with Gasteiger partial charge in [-0.15, -0.1) is 0 Å². The first-order valence-corrected chi connectivity index (χ1v) is 12.1. The number of hydrogen-bond acceptors (Lipinski definition) is 1. The molecule has 1 spiro atoms. The van der Waals surface area contributed by atoms with Gasteiger partial charge in [0.05, 0.1) is 5.41 Å². The molecule has 5 aromatic rings. The van der Waals surface area contributed by atoms with Gasteiger partial charge in [-0.2, -0.15) is 0 Å². The normalized spacial score (nSPS) is 16.5. The van der Waals surface area contributed by atoms with Gasteiger partial charge in [0.1, 0.15) is 6.29 Å². The minimum Gasteiger partial charge on any atom is -0.298 e. The predicted octanol–water partition coefficient (Wildman–Crippen LogP) is 8.13. The second-order valence-electron chi connectivity index (χ2n) is 9.89. The highest BCUT2D eigenvalue weighted by atomic mass is 16.1. The van der Waals surface area contributed by atoms with Crippen molar-refractivity contribution < 1.29 is 4.79 Å².